The van der Waals surface area contributed by atoms with Gasteiger partial charge < -0.3 is 10.2 Å². The van der Waals surface area contributed by atoms with Crippen molar-refractivity contribution < 1.29 is 22.8 Å². The number of amides is 4. The Balaban J connectivity index is 1.63. The highest BCUT2D eigenvalue weighted by Crippen LogP contribution is 2.38. The van der Waals surface area contributed by atoms with Crippen LogP contribution in [0.2, 0.25) is 0 Å². The van der Waals surface area contributed by atoms with Crippen LogP contribution < -0.4 is 5.32 Å². The highest BCUT2D eigenvalue weighted by molar-refractivity contribution is 7.88. The van der Waals surface area contributed by atoms with Crippen molar-refractivity contribution in [3.63, 3.8) is 0 Å². The van der Waals surface area contributed by atoms with Gasteiger partial charge in [0.25, 0.3) is 5.91 Å². The SMILES string of the molecule is C[C@@H]1CCCC[C@@]12NC(=O)N(CC(=O)N1CCN(S(C)(=O)=O)CC1)C2=O. The minimum Gasteiger partial charge on any atom is -0.338 e. The molecule has 3 rings (SSSR count). The standard InChI is InChI=1S/C16H26N4O5S/c1-12-5-3-4-6-16(12)14(22)20(15(23)17-16)11-13(21)18-7-9-19(10-8-18)26(2,24)25/h12H,3-11H2,1-2H3,(H,17,23)/t12-,16-/m1/s1. The fraction of sp³-hybridized carbons (Fsp3) is 0.812. The fourth-order valence-corrected chi connectivity index (χ4v) is 4.97. The number of rotatable bonds is 3. The maximum absolute atomic E-state index is 12.9. The van der Waals surface area contributed by atoms with E-state index in [0.29, 0.717) is 6.42 Å². The molecule has 2 aliphatic heterocycles. The minimum absolute atomic E-state index is 0.0473. The normalized spacial score (nSPS) is 30.8. The summed E-state index contributed by atoms with van der Waals surface area (Å²) < 4.78 is 24.4. The van der Waals surface area contributed by atoms with Crippen LogP contribution in [0.15, 0.2) is 0 Å². The molecular weight excluding hydrogens is 360 g/mol. The summed E-state index contributed by atoms with van der Waals surface area (Å²) in [5.74, 6) is -0.592. The van der Waals surface area contributed by atoms with Gasteiger partial charge in [0.05, 0.1) is 6.26 Å². The molecule has 0 radical (unpaired) electrons. The Bertz CT molecular complexity index is 716. The number of imide groups is 1. The summed E-state index contributed by atoms with van der Waals surface area (Å²) in [5.41, 5.74) is -0.870. The van der Waals surface area contributed by atoms with E-state index in [-0.39, 0.29) is 50.5 Å². The average molecular weight is 386 g/mol. The third-order valence-electron chi connectivity index (χ3n) is 5.86. The van der Waals surface area contributed by atoms with Crippen molar-refractivity contribution in [2.45, 2.75) is 38.1 Å². The molecule has 10 heteroatoms. The second kappa shape index (κ2) is 6.80. The molecule has 0 aromatic heterocycles. The largest absolute Gasteiger partial charge is 0.338 e. The van der Waals surface area contributed by atoms with Crippen LogP contribution in [0, 0.1) is 5.92 Å². The lowest BCUT2D eigenvalue weighted by molar-refractivity contribution is -0.141. The average Bonchev–Trinajstić information content (AvgIpc) is 2.82. The molecule has 3 aliphatic rings. The summed E-state index contributed by atoms with van der Waals surface area (Å²) in [6.45, 7) is 2.65. The molecule has 4 amide bonds. The predicted octanol–water partition coefficient (Wildman–Crippen LogP) is -0.409. The highest BCUT2D eigenvalue weighted by atomic mass is 32.2. The van der Waals surface area contributed by atoms with E-state index in [2.05, 4.69) is 5.32 Å². The summed E-state index contributed by atoms with van der Waals surface area (Å²) in [6, 6.07) is -0.508. The number of carbonyl (C=O) groups is 3. The van der Waals surface area contributed by atoms with E-state index in [4.69, 9.17) is 0 Å². The molecule has 2 saturated heterocycles. The summed E-state index contributed by atoms with van der Waals surface area (Å²) in [7, 11) is -3.27. The lowest BCUT2D eigenvalue weighted by atomic mass is 9.73. The molecular formula is C16H26N4O5S. The first-order valence-electron chi connectivity index (χ1n) is 9.02. The number of carbonyl (C=O) groups excluding carboxylic acids is 3. The monoisotopic (exact) mass is 386 g/mol. The van der Waals surface area contributed by atoms with Gasteiger partial charge in [-0.15, -0.1) is 0 Å². The van der Waals surface area contributed by atoms with Gasteiger partial charge in [-0.3, -0.25) is 14.5 Å². The molecule has 0 aromatic rings. The second-order valence-electron chi connectivity index (χ2n) is 7.48. The van der Waals surface area contributed by atoms with Gasteiger partial charge in [0.2, 0.25) is 15.9 Å². The van der Waals surface area contributed by atoms with E-state index in [1.54, 1.807) is 0 Å². The third kappa shape index (κ3) is 3.32. The van der Waals surface area contributed by atoms with E-state index in [1.807, 2.05) is 6.92 Å². The summed E-state index contributed by atoms with van der Waals surface area (Å²) >= 11 is 0. The van der Waals surface area contributed by atoms with Crippen molar-refractivity contribution in [3.05, 3.63) is 0 Å². The first-order valence-corrected chi connectivity index (χ1v) is 10.9. The Kier molecular flexibility index (Phi) is 5.00. The van der Waals surface area contributed by atoms with Gasteiger partial charge >= 0.3 is 6.03 Å². The molecule has 146 valence electrons. The van der Waals surface area contributed by atoms with Crippen molar-refractivity contribution in [1.29, 1.82) is 0 Å². The van der Waals surface area contributed by atoms with Crippen LogP contribution in [0.1, 0.15) is 32.6 Å². The summed E-state index contributed by atoms with van der Waals surface area (Å²) in [5, 5.41) is 2.83. The zero-order valence-corrected chi connectivity index (χ0v) is 16.0. The Hall–Kier alpha value is -1.68. The Labute approximate surface area is 153 Å². The van der Waals surface area contributed by atoms with Gasteiger partial charge in [-0.25, -0.2) is 13.2 Å². The molecule has 9 nitrogen and oxygen atoms in total. The van der Waals surface area contributed by atoms with Gasteiger partial charge in [-0.2, -0.15) is 4.31 Å². The van der Waals surface area contributed by atoms with Crippen molar-refractivity contribution in [2.75, 3.05) is 39.0 Å². The maximum atomic E-state index is 12.9. The number of nitrogens with zero attached hydrogens (tertiary/aromatic N) is 3. The van der Waals surface area contributed by atoms with Gasteiger partial charge in [-0.1, -0.05) is 19.8 Å². The van der Waals surface area contributed by atoms with Crippen molar-refractivity contribution in [3.8, 4) is 0 Å². The first-order chi connectivity index (χ1) is 12.1. The van der Waals surface area contributed by atoms with E-state index < -0.39 is 21.6 Å². The molecule has 1 N–H and O–H groups in total. The van der Waals surface area contributed by atoms with E-state index in [0.717, 1.165) is 30.4 Å². The van der Waals surface area contributed by atoms with E-state index >= 15 is 0 Å². The van der Waals surface area contributed by atoms with Crippen molar-refractivity contribution >= 4 is 27.9 Å². The van der Waals surface area contributed by atoms with E-state index in [9.17, 15) is 22.8 Å². The molecule has 2 atom stereocenters. The van der Waals surface area contributed by atoms with Gasteiger partial charge in [0.15, 0.2) is 0 Å². The molecule has 1 spiro atoms. The zero-order valence-electron chi connectivity index (χ0n) is 15.2. The summed E-state index contributed by atoms with van der Waals surface area (Å²) in [4.78, 5) is 40.3. The molecule has 0 aromatic carbocycles. The molecule has 3 fully saturated rings. The van der Waals surface area contributed by atoms with Gasteiger partial charge in [-0.05, 0) is 18.8 Å². The van der Waals surface area contributed by atoms with Crippen LogP contribution in [0.25, 0.3) is 0 Å². The first kappa shape index (κ1) is 19.1. The lowest BCUT2D eigenvalue weighted by Gasteiger charge is -2.37. The minimum atomic E-state index is -3.27. The van der Waals surface area contributed by atoms with Crippen molar-refractivity contribution in [1.82, 2.24) is 19.4 Å². The van der Waals surface area contributed by atoms with Crippen LogP contribution in [0.4, 0.5) is 4.79 Å². The Morgan fingerprint density at radius 2 is 1.85 bits per heavy atom. The molecule has 0 unspecified atom stereocenters. The quantitative estimate of drug-likeness (QED) is 0.664. The Morgan fingerprint density at radius 3 is 2.42 bits per heavy atom. The molecule has 26 heavy (non-hydrogen) atoms. The van der Waals surface area contributed by atoms with Crippen LogP contribution >= 0.6 is 0 Å². The fourth-order valence-electron chi connectivity index (χ4n) is 4.14. The molecule has 0 bridgehead atoms. The van der Waals surface area contributed by atoms with E-state index in [1.165, 1.54) is 9.21 Å². The van der Waals surface area contributed by atoms with Gasteiger partial charge in [0.1, 0.15) is 12.1 Å². The predicted molar refractivity (Wildman–Crippen MR) is 93.6 cm³/mol. The highest BCUT2D eigenvalue weighted by Gasteiger charge is 2.55. The number of nitrogens with one attached hydrogen (secondary N) is 1. The number of hydrogen-bond donors (Lipinski definition) is 1. The van der Waals surface area contributed by atoms with Crippen LogP contribution in [-0.2, 0) is 19.6 Å². The number of hydrogen-bond acceptors (Lipinski definition) is 5. The van der Waals surface area contributed by atoms with Crippen LogP contribution in [0.3, 0.4) is 0 Å². The smallest absolute Gasteiger partial charge is 0.325 e. The Morgan fingerprint density at radius 1 is 1.19 bits per heavy atom. The topological polar surface area (TPSA) is 107 Å². The maximum Gasteiger partial charge on any atom is 0.325 e. The molecule has 2 heterocycles. The number of urea groups is 1. The van der Waals surface area contributed by atoms with Crippen molar-refractivity contribution in [2.24, 2.45) is 5.92 Å². The molecule has 1 aliphatic carbocycles. The number of sulfonamides is 1. The third-order valence-corrected chi connectivity index (χ3v) is 7.16. The van der Waals surface area contributed by atoms with Crippen LogP contribution in [-0.4, -0.2) is 84.9 Å². The lowest BCUT2D eigenvalue weighted by Crippen LogP contribution is -2.55. The van der Waals surface area contributed by atoms with Gasteiger partial charge in [0, 0.05) is 26.2 Å². The number of piperazine rings is 1. The summed E-state index contributed by atoms with van der Waals surface area (Å²) in [6.07, 6.45) is 4.54. The molecule has 1 saturated carbocycles. The second-order valence-corrected chi connectivity index (χ2v) is 9.46. The zero-order chi connectivity index (χ0) is 19.1. The van der Waals surface area contributed by atoms with Crippen LogP contribution in [0.5, 0.6) is 0 Å².